The number of carbonyl (C=O) groups is 1. The maximum absolute atomic E-state index is 11.4. The number of fused-ring (bicyclic) bond motifs is 1. The number of hydrogen-bond donors (Lipinski definition) is 1. The number of benzene rings is 1. The number of amides is 1. The number of rotatable bonds is 3. The normalized spacial score (nSPS) is 20.3. The first-order chi connectivity index (χ1) is 10.7. The Morgan fingerprint density at radius 1 is 1.32 bits per heavy atom. The standard InChI is InChI=1S/C15H17N4O3/c16-14(20)11-2-1-3-12-13(11)17-15(22-12)19-6-4-18(5-7-19)10-8-21-9-10/h1,3,10H,4-9H2,(H2,16,20). The van der Waals surface area contributed by atoms with Crippen LogP contribution < -0.4 is 10.6 Å². The van der Waals surface area contributed by atoms with Crippen LogP contribution in [0.5, 0.6) is 0 Å². The summed E-state index contributed by atoms with van der Waals surface area (Å²) in [4.78, 5) is 20.4. The summed E-state index contributed by atoms with van der Waals surface area (Å²) in [5, 5.41) is 0. The van der Waals surface area contributed by atoms with Gasteiger partial charge in [0.15, 0.2) is 5.58 Å². The molecule has 1 aromatic heterocycles. The number of aromatic nitrogens is 1. The number of piperazine rings is 1. The van der Waals surface area contributed by atoms with E-state index in [1.807, 2.05) is 0 Å². The van der Waals surface area contributed by atoms with Gasteiger partial charge in [-0.15, -0.1) is 0 Å². The molecule has 1 aromatic carbocycles. The smallest absolute Gasteiger partial charge is 0.298 e. The highest BCUT2D eigenvalue weighted by molar-refractivity contribution is 6.03. The quantitative estimate of drug-likeness (QED) is 0.874. The average molecular weight is 301 g/mol. The minimum Gasteiger partial charge on any atom is -0.423 e. The van der Waals surface area contributed by atoms with E-state index in [-0.39, 0.29) is 5.56 Å². The molecule has 0 bridgehead atoms. The van der Waals surface area contributed by atoms with Gasteiger partial charge in [0.2, 0.25) is 0 Å². The number of anilines is 1. The van der Waals surface area contributed by atoms with Gasteiger partial charge in [-0.2, -0.15) is 4.98 Å². The number of primary amides is 1. The Morgan fingerprint density at radius 2 is 2.09 bits per heavy atom. The number of carbonyl (C=O) groups excluding carboxylic acids is 1. The lowest BCUT2D eigenvalue weighted by Crippen LogP contribution is -2.56. The molecule has 1 amide bonds. The highest BCUT2D eigenvalue weighted by Crippen LogP contribution is 2.25. The summed E-state index contributed by atoms with van der Waals surface area (Å²) >= 11 is 0. The Kier molecular flexibility index (Phi) is 3.24. The zero-order valence-electron chi connectivity index (χ0n) is 12.1. The fourth-order valence-electron chi connectivity index (χ4n) is 2.92. The van der Waals surface area contributed by atoms with Crippen molar-refractivity contribution in [1.29, 1.82) is 0 Å². The highest BCUT2D eigenvalue weighted by Gasteiger charge is 2.30. The minimum atomic E-state index is -0.541. The first-order valence-electron chi connectivity index (χ1n) is 7.40. The van der Waals surface area contributed by atoms with Gasteiger partial charge in [0.1, 0.15) is 5.52 Å². The summed E-state index contributed by atoms with van der Waals surface area (Å²) in [6.07, 6.45) is 0. The van der Waals surface area contributed by atoms with Gasteiger partial charge in [-0.25, -0.2) is 0 Å². The molecule has 0 unspecified atom stereocenters. The van der Waals surface area contributed by atoms with Crippen molar-refractivity contribution in [2.24, 2.45) is 5.73 Å². The van der Waals surface area contributed by atoms with Gasteiger partial charge in [-0.1, -0.05) is 0 Å². The van der Waals surface area contributed by atoms with Crippen molar-refractivity contribution in [3.8, 4) is 0 Å². The summed E-state index contributed by atoms with van der Waals surface area (Å²) in [6, 6.07) is 7.31. The van der Waals surface area contributed by atoms with Crippen LogP contribution in [-0.2, 0) is 4.74 Å². The molecule has 0 aliphatic carbocycles. The van der Waals surface area contributed by atoms with Crippen molar-refractivity contribution in [2.45, 2.75) is 6.04 Å². The molecule has 2 aliphatic heterocycles. The van der Waals surface area contributed by atoms with Gasteiger partial charge in [-0.3, -0.25) is 9.69 Å². The molecule has 4 rings (SSSR count). The second-order valence-corrected chi connectivity index (χ2v) is 5.64. The molecule has 2 aromatic rings. The molecule has 1 radical (unpaired) electrons. The summed E-state index contributed by atoms with van der Waals surface area (Å²) in [5.41, 5.74) is 6.69. The second kappa shape index (κ2) is 5.26. The minimum absolute atomic E-state index is 0.276. The molecular weight excluding hydrogens is 284 g/mol. The van der Waals surface area contributed by atoms with E-state index in [0.717, 1.165) is 39.4 Å². The maximum atomic E-state index is 11.4. The third-order valence-electron chi connectivity index (χ3n) is 4.31. The molecule has 2 N–H and O–H groups in total. The van der Waals surface area contributed by atoms with E-state index in [9.17, 15) is 4.79 Å². The molecule has 2 fully saturated rings. The Bertz CT molecular complexity index is 702. The first-order valence-corrected chi connectivity index (χ1v) is 7.40. The van der Waals surface area contributed by atoms with Gasteiger partial charge >= 0.3 is 0 Å². The van der Waals surface area contributed by atoms with Gasteiger partial charge in [0.25, 0.3) is 11.9 Å². The van der Waals surface area contributed by atoms with Crippen LogP contribution in [-0.4, -0.2) is 61.2 Å². The SMILES string of the molecule is NC(=O)c1[c]ccc2oc(N3CCN(C4COC4)CC3)nc12. The zero-order valence-corrected chi connectivity index (χ0v) is 12.1. The van der Waals surface area contributed by atoms with Crippen LogP contribution in [0.15, 0.2) is 16.5 Å². The predicted molar refractivity (Wildman–Crippen MR) is 79.8 cm³/mol. The molecule has 7 heteroatoms. The molecule has 7 nitrogen and oxygen atoms in total. The lowest BCUT2D eigenvalue weighted by molar-refractivity contribution is -0.0662. The average Bonchev–Trinajstić information content (AvgIpc) is 2.89. The first kappa shape index (κ1) is 13.5. The molecule has 0 atom stereocenters. The van der Waals surface area contributed by atoms with Crippen LogP contribution in [0.1, 0.15) is 10.4 Å². The Balaban J connectivity index is 1.54. The van der Waals surface area contributed by atoms with Crippen LogP contribution >= 0.6 is 0 Å². The van der Waals surface area contributed by atoms with E-state index in [2.05, 4.69) is 20.9 Å². The van der Waals surface area contributed by atoms with Gasteiger partial charge < -0.3 is 19.8 Å². The van der Waals surface area contributed by atoms with Crippen LogP contribution in [0, 0.1) is 6.07 Å². The van der Waals surface area contributed by atoms with E-state index in [4.69, 9.17) is 14.9 Å². The van der Waals surface area contributed by atoms with Gasteiger partial charge in [0.05, 0.1) is 24.8 Å². The van der Waals surface area contributed by atoms with Crippen LogP contribution in [0.2, 0.25) is 0 Å². The molecule has 0 saturated carbocycles. The highest BCUT2D eigenvalue weighted by atomic mass is 16.5. The summed E-state index contributed by atoms with van der Waals surface area (Å²) < 4.78 is 11.0. The molecule has 2 aliphatic rings. The fourth-order valence-corrected chi connectivity index (χ4v) is 2.92. The molecule has 0 spiro atoms. The summed E-state index contributed by atoms with van der Waals surface area (Å²) in [5.74, 6) is -0.541. The lowest BCUT2D eigenvalue weighted by Gasteiger charge is -2.42. The predicted octanol–water partition coefficient (Wildman–Crippen LogP) is 0.248. The number of oxazole rings is 1. The van der Waals surface area contributed by atoms with Crippen molar-refractivity contribution >= 4 is 23.0 Å². The van der Waals surface area contributed by atoms with Crippen molar-refractivity contribution in [3.63, 3.8) is 0 Å². The maximum Gasteiger partial charge on any atom is 0.298 e. The number of hydrogen-bond acceptors (Lipinski definition) is 6. The second-order valence-electron chi connectivity index (χ2n) is 5.64. The fraction of sp³-hybridized carbons (Fsp3) is 0.467. The number of nitrogens with two attached hydrogens (primary N) is 1. The Hall–Kier alpha value is -2.12. The molecule has 115 valence electrons. The number of ether oxygens (including phenoxy) is 1. The van der Waals surface area contributed by atoms with E-state index in [1.54, 1.807) is 12.1 Å². The molecule has 22 heavy (non-hydrogen) atoms. The van der Waals surface area contributed by atoms with Crippen molar-refractivity contribution in [2.75, 3.05) is 44.3 Å². The van der Waals surface area contributed by atoms with Gasteiger partial charge in [0, 0.05) is 26.2 Å². The van der Waals surface area contributed by atoms with Crippen LogP contribution in [0.25, 0.3) is 11.1 Å². The van der Waals surface area contributed by atoms with E-state index in [0.29, 0.717) is 23.2 Å². The van der Waals surface area contributed by atoms with E-state index in [1.165, 1.54) is 0 Å². The summed E-state index contributed by atoms with van der Waals surface area (Å²) in [6.45, 7) is 5.28. The lowest BCUT2D eigenvalue weighted by atomic mass is 10.2. The third kappa shape index (κ3) is 2.22. The van der Waals surface area contributed by atoms with Crippen LogP contribution in [0.4, 0.5) is 6.01 Å². The molecule has 2 saturated heterocycles. The molecule has 3 heterocycles. The zero-order chi connectivity index (χ0) is 15.1. The van der Waals surface area contributed by atoms with Crippen molar-refractivity contribution in [3.05, 3.63) is 23.8 Å². The van der Waals surface area contributed by atoms with Gasteiger partial charge in [-0.05, 0) is 18.2 Å². The Morgan fingerprint density at radius 3 is 2.73 bits per heavy atom. The summed E-state index contributed by atoms with van der Waals surface area (Å²) in [7, 11) is 0. The van der Waals surface area contributed by atoms with Crippen molar-refractivity contribution < 1.29 is 13.9 Å². The van der Waals surface area contributed by atoms with Crippen molar-refractivity contribution in [1.82, 2.24) is 9.88 Å². The molecular formula is C15H17N4O3. The largest absolute Gasteiger partial charge is 0.423 e. The van der Waals surface area contributed by atoms with Crippen LogP contribution in [0.3, 0.4) is 0 Å². The topological polar surface area (TPSA) is 84.8 Å². The monoisotopic (exact) mass is 301 g/mol. The number of nitrogens with zero attached hydrogens (tertiary/aromatic N) is 3. The van der Waals surface area contributed by atoms with E-state index >= 15 is 0 Å². The third-order valence-corrected chi connectivity index (χ3v) is 4.31. The Labute approximate surface area is 127 Å². The van der Waals surface area contributed by atoms with E-state index < -0.39 is 5.91 Å².